The summed E-state index contributed by atoms with van der Waals surface area (Å²) in [5.41, 5.74) is 0. The highest BCUT2D eigenvalue weighted by Gasteiger charge is 2.16. The lowest BCUT2D eigenvalue weighted by Gasteiger charge is -2.15. The van der Waals surface area contributed by atoms with Crippen molar-refractivity contribution in [3.63, 3.8) is 0 Å². The number of rotatable bonds is 58. The van der Waals surface area contributed by atoms with E-state index in [9.17, 15) is 14.7 Å². The number of carbonyl (C=O) groups excluding carboxylic acids is 2. The lowest BCUT2D eigenvalue weighted by molar-refractivity contribution is -0.161. The fourth-order valence-electron chi connectivity index (χ4n) is 9.38. The molecule has 0 fully saturated rings. The average molecular weight is 982 g/mol. The molecule has 5 heteroatoms. The molecule has 1 atom stereocenters. The molecule has 0 bridgehead atoms. The van der Waals surface area contributed by atoms with E-state index in [1.807, 2.05) is 0 Å². The molecule has 0 heterocycles. The number of hydrogen-bond acceptors (Lipinski definition) is 5. The molecule has 0 aliphatic carbocycles. The largest absolute Gasteiger partial charge is 0.462 e. The van der Waals surface area contributed by atoms with Gasteiger partial charge in [-0.05, 0) is 77.0 Å². The van der Waals surface area contributed by atoms with Crippen molar-refractivity contribution in [2.75, 3.05) is 13.2 Å². The summed E-state index contributed by atoms with van der Waals surface area (Å²) in [5, 5.41) is 9.67. The zero-order valence-electron chi connectivity index (χ0n) is 47.0. The summed E-state index contributed by atoms with van der Waals surface area (Å²) in [6.07, 6.45) is 81.1. The Bertz CT molecular complexity index is 1150. The monoisotopic (exact) mass is 981 g/mol. The molecule has 0 amide bonds. The molecule has 0 saturated carbocycles. The lowest BCUT2D eigenvalue weighted by atomic mass is 10.0. The molecule has 0 aliphatic rings. The molecule has 0 spiro atoms. The number of allylic oxidation sites excluding steroid dienone is 8. The zero-order chi connectivity index (χ0) is 50.6. The van der Waals surface area contributed by atoms with Gasteiger partial charge >= 0.3 is 11.9 Å². The lowest BCUT2D eigenvalue weighted by Crippen LogP contribution is -2.28. The van der Waals surface area contributed by atoms with Crippen molar-refractivity contribution in [3.05, 3.63) is 48.6 Å². The normalized spacial score (nSPS) is 12.4. The van der Waals surface area contributed by atoms with E-state index in [1.165, 1.54) is 257 Å². The summed E-state index contributed by atoms with van der Waals surface area (Å²) >= 11 is 0. The molecule has 1 N–H and O–H groups in total. The Morgan fingerprint density at radius 1 is 0.329 bits per heavy atom. The average Bonchev–Trinajstić information content (AvgIpc) is 3.36. The van der Waals surface area contributed by atoms with Gasteiger partial charge in [-0.2, -0.15) is 0 Å². The summed E-state index contributed by atoms with van der Waals surface area (Å²) in [6.45, 7) is 4.16. The summed E-state index contributed by atoms with van der Waals surface area (Å²) in [4.78, 5) is 24.6. The number of ether oxygens (including phenoxy) is 2. The van der Waals surface area contributed by atoms with Gasteiger partial charge in [0.1, 0.15) is 6.61 Å². The molecule has 1 unspecified atom stereocenters. The van der Waals surface area contributed by atoms with Crippen LogP contribution in [0.15, 0.2) is 48.6 Å². The Labute approximate surface area is 437 Å². The Morgan fingerprint density at radius 2 is 0.571 bits per heavy atom. The Balaban J connectivity index is 3.41. The number of aliphatic hydroxyl groups is 1. The molecule has 0 aromatic carbocycles. The third kappa shape index (κ3) is 58.4. The third-order valence-electron chi connectivity index (χ3n) is 14.1. The molecular weight excluding hydrogens is 861 g/mol. The summed E-state index contributed by atoms with van der Waals surface area (Å²) in [5.74, 6) is -0.579. The van der Waals surface area contributed by atoms with Crippen LogP contribution in [0.25, 0.3) is 0 Å². The quantitative estimate of drug-likeness (QED) is 0.0373. The van der Waals surface area contributed by atoms with Crippen molar-refractivity contribution >= 4 is 11.9 Å². The molecule has 0 radical (unpaired) electrons. The first kappa shape index (κ1) is 67.9. The SMILES string of the molecule is CCCCCCC/C=C\C/C=C\CCCCCCCCCCCCCCCCCCCCCCCCCC(=O)OC(CO)COC(=O)CCCCCCCCCCC/C=C\C/C=C\CCCCCCC. The van der Waals surface area contributed by atoms with E-state index in [-0.39, 0.29) is 25.2 Å². The van der Waals surface area contributed by atoms with Gasteiger partial charge in [0.15, 0.2) is 6.10 Å². The fourth-order valence-corrected chi connectivity index (χ4v) is 9.38. The Morgan fingerprint density at radius 3 is 0.843 bits per heavy atom. The molecule has 0 saturated heterocycles. The highest BCUT2D eigenvalue weighted by Crippen LogP contribution is 2.17. The van der Waals surface area contributed by atoms with Gasteiger partial charge in [-0.1, -0.05) is 294 Å². The molecule has 0 aromatic rings. The number of unbranched alkanes of at least 4 members (excludes halogenated alkanes) is 42. The van der Waals surface area contributed by atoms with E-state index in [4.69, 9.17) is 9.47 Å². The van der Waals surface area contributed by atoms with Crippen molar-refractivity contribution < 1.29 is 24.2 Å². The minimum Gasteiger partial charge on any atom is -0.462 e. The van der Waals surface area contributed by atoms with Crippen LogP contribution in [0.3, 0.4) is 0 Å². The summed E-state index contributed by atoms with van der Waals surface area (Å²) in [6, 6.07) is 0. The van der Waals surface area contributed by atoms with Crippen LogP contribution in [0.2, 0.25) is 0 Å². The summed E-state index contributed by atoms with van der Waals surface area (Å²) < 4.78 is 10.7. The predicted molar refractivity (Wildman–Crippen MR) is 307 cm³/mol. The van der Waals surface area contributed by atoms with E-state index in [2.05, 4.69) is 62.5 Å². The van der Waals surface area contributed by atoms with Crippen molar-refractivity contribution in [2.24, 2.45) is 0 Å². The molecule has 0 aromatic heterocycles. The van der Waals surface area contributed by atoms with Gasteiger partial charge in [0.25, 0.3) is 0 Å². The minimum absolute atomic E-state index is 0.0646. The van der Waals surface area contributed by atoms with Crippen molar-refractivity contribution in [2.45, 2.75) is 341 Å². The topological polar surface area (TPSA) is 72.8 Å². The molecule has 5 nitrogen and oxygen atoms in total. The van der Waals surface area contributed by atoms with Crippen molar-refractivity contribution in [1.29, 1.82) is 0 Å². The maximum absolute atomic E-state index is 12.3. The fraction of sp³-hybridized carbons (Fsp3) is 0.846. The van der Waals surface area contributed by atoms with E-state index in [0.29, 0.717) is 12.8 Å². The van der Waals surface area contributed by atoms with Gasteiger partial charge in [0.05, 0.1) is 6.61 Å². The second-order valence-electron chi connectivity index (χ2n) is 21.1. The van der Waals surface area contributed by atoms with Crippen LogP contribution in [0, 0.1) is 0 Å². The van der Waals surface area contributed by atoms with Crippen LogP contribution in [0.4, 0.5) is 0 Å². The highest BCUT2D eigenvalue weighted by molar-refractivity contribution is 5.70. The number of aliphatic hydroxyl groups excluding tert-OH is 1. The Kier molecular flexibility index (Phi) is 59.3. The first-order valence-electron chi connectivity index (χ1n) is 31.2. The van der Waals surface area contributed by atoms with Crippen LogP contribution >= 0.6 is 0 Å². The van der Waals surface area contributed by atoms with Gasteiger partial charge in [-0.3, -0.25) is 9.59 Å². The molecule has 0 aliphatic heterocycles. The van der Waals surface area contributed by atoms with E-state index < -0.39 is 6.10 Å². The van der Waals surface area contributed by atoms with E-state index in [1.54, 1.807) is 0 Å². The van der Waals surface area contributed by atoms with E-state index >= 15 is 0 Å². The molecule has 0 rings (SSSR count). The molecule has 70 heavy (non-hydrogen) atoms. The summed E-state index contributed by atoms with van der Waals surface area (Å²) in [7, 11) is 0. The maximum atomic E-state index is 12.3. The van der Waals surface area contributed by atoms with Gasteiger partial charge < -0.3 is 14.6 Å². The van der Waals surface area contributed by atoms with Gasteiger partial charge in [-0.25, -0.2) is 0 Å². The second-order valence-corrected chi connectivity index (χ2v) is 21.1. The Hall–Kier alpha value is -2.14. The number of carbonyl (C=O) groups is 2. The van der Waals surface area contributed by atoms with Crippen molar-refractivity contribution in [3.8, 4) is 0 Å². The predicted octanol–water partition coefficient (Wildman–Crippen LogP) is 21.2. The van der Waals surface area contributed by atoms with Crippen LogP contribution in [-0.4, -0.2) is 36.4 Å². The van der Waals surface area contributed by atoms with Crippen LogP contribution in [0.1, 0.15) is 335 Å². The van der Waals surface area contributed by atoms with Crippen LogP contribution in [0.5, 0.6) is 0 Å². The maximum Gasteiger partial charge on any atom is 0.306 e. The smallest absolute Gasteiger partial charge is 0.306 e. The molecule has 410 valence electrons. The van der Waals surface area contributed by atoms with E-state index in [0.717, 1.165) is 51.4 Å². The van der Waals surface area contributed by atoms with Gasteiger partial charge in [-0.15, -0.1) is 0 Å². The zero-order valence-corrected chi connectivity index (χ0v) is 47.0. The molecular formula is C65H120O5. The highest BCUT2D eigenvalue weighted by atomic mass is 16.6. The van der Waals surface area contributed by atoms with Crippen LogP contribution in [-0.2, 0) is 19.1 Å². The number of esters is 2. The number of hydrogen-bond donors (Lipinski definition) is 1. The first-order chi connectivity index (χ1) is 34.6. The van der Waals surface area contributed by atoms with Gasteiger partial charge in [0.2, 0.25) is 0 Å². The third-order valence-corrected chi connectivity index (χ3v) is 14.1. The minimum atomic E-state index is -0.773. The second kappa shape index (κ2) is 61.2. The van der Waals surface area contributed by atoms with Crippen LogP contribution < -0.4 is 0 Å². The standard InChI is InChI=1S/C65H120O5/c1-3-5-7-9-11-13-15-17-19-21-23-25-26-27-28-29-30-31-32-33-34-35-36-37-38-40-42-44-46-48-50-52-54-56-58-60-65(68)70-63(61-66)62-69-64(67)59-57-55-53-51-49-47-45-43-41-39-24-22-20-18-16-14-12-10-8-6-4-2/h15-18,21-24,63,66H,3-14,19-20,25-62H2,1-2H3/b17-15-,18-16-,23-21-,24-22-. The van der Waals surface area contributed by atoms with Crippen molar-refractivity contribution in [1.82, 2.24) is 0 Å². The van der Waals surface area contributed by atoms with Gasteiger partial charge in [0, 0.05) is 12.8 Å². The first-order valence-corrected chi connectivity index (χ1v) is 31.2.